The van der Waals surface area contributed by atoms with Crippen molar-refractivity contribution in [3.8, 4) is 11.5 Å². The number of halogens is 1. The van der Waals surface area contributed by atoms with Crippen molar-refractivity contribution in [2.24, 2.45) is 0 Å². The second kappa shape index (κ2) is 6.11. The first kappa shape index (κ1) is 14.6. The molecule has 2 aromatic rings. The van der Waals surface area contributed by atoms with Gasteiger partial charge in [-0.05, 0) is 69.8 Å². The van der Waals surface area contributed by atoms with Crippen LogP contribution in [0.2, 0.25) is 0 Å². The molecule has 0 aliphatic rings. The molecular weight excluding hydrogens is 375 g/mol. The number of rotatable bonds is 4. The van der Waals surface area contributed by atoms with Gasteiger partial charge in [-0.2, -0.15) is 0 Å². The summed E-state index contributed by atoms with van der Waals surface area (Å²) in [6.45, 7) is 1.96. The lowest BCUT2D eigenvalue weighted by molar-refractivity contribution is 0.219. The van der Waals surface area contributed by atoms with E-state index in [2.05, 4.69) is 22.6 Å². The van der Waals surface area contributed by atoms with Crippen LogP contribution < -0.4 is 9.47 Å². The molecule has 1 unspecified atom stereocenters. The van der Waals surface area contributed by atoms with Gasteiger partial charge in [-0.25, -0.2) is 0 Å². The zero-order chi connectivity index (χ0) is 14.0. The normalized spacial score (nSPS) is 12.3. The first-order valence-corrected chi connectivity index (χ1v) is 7.67. The highest BCUT2D eigenvalue weighted by atomic mass is 127. The van der Waals surface area contributed by atoms with Gasteiger partial charge in [0, 0.05) is 0 Å². The van der Waals surface area contributed by atoms with Crippen LogP contribution in [0.1, 0.15) is 22.8 Å². The summed E-state index contributed by atoms with van der Waals surface area (Å²) in [4.78, 5) is 0. The van der Waals surface area contributed by atoms with Crippen molar-refractivity contribution in [3.63, 3.8) is 0 Å². The molecule has 0 aliphatic carbocycles. The molecule has 5 heteroatoms. The van der Waals surface area contributed by atoms with Crippen LogP contribution in [0.5, 0.6) is 11.5 Å². The van der Waals surface area contributed by atoms with Crippen LogP contribution in [-0.2, 0) is 0 Å². The van der Waals surface area contributed by atoms with Gasteiger partial charge in [-0.3, -0.25) is 0 Å². The Morgan fingerprint density at radius 3 is 2.32 bits per heavy atom. The number of aliphatic hydroxyl groups excluding tert-OH is 1. The number of thiophene rings is 1. The SMILES string of the molecule is COc1cc(C)c(C(O)c2csc(I)c2)cc1OC. The predicted octanol–water partition coefficient (Wildman–Crippen LogP) is 3.76. The van der Waals surface area contributed by atoms with E-state index in [-0.39, 0.29) is 0 Å². The highest BCUT2D eigenvalue weighted by Gasteiger charge is 2.17. The fourth-order valence-corrected chi connectivity index (χ4v) is 3.33. The molecule has 19 heavy (non-hydrogen) atoms. The number of ether oxygens (including phenoxy) is 2. The topological polar surface area (TPSA) is 38.7 Å². The minimum absolute atomic E-state index is 0.632. The maximum absolute atomic E-state index is 10.5. The molecule has 102 valence electrons. The quantitative estimate of drug-likeness (QED) is 0.809. The highest BCUT2D eigenvalue weighted by molar-refractivity contribution is 14.1. The molecule has 0 aliphatic heterocycles. The van der Waals surface area contributed by atoms with Crippen molar-refractivity contribution in [2.45, 2.75) is 13.0 Å². The second-order valence-corrected chi connectivity index (χ2v) is 6.96. The van der Waals surface area contributed by atoms with Crippen LogP contribution in [0.25, 0.3) is 0 Å². The van der Waals surface area contributed by atoms with E-state index in [1.807, 2.05) is 30.5 Å². The van der Waals surface area contributed by atoms with Gasteiger partial charge in [0.1, 0.15) is 6.10 Å². The average Bonchev–Trinajstić information content (AvgIpc) is 2.84. The Morgan fingerprint density at radius 2 is 1.79 bits per heavy atom. The number of aliphatic hydroxyl groups is 1. The Labute approximate surface area is 130 Å². The van der Waals surface area contributed by atoms with Crippen LogP contribution in [0.3, 0.4) is 0 Å². The molecule has 2 rings (SSSR count). The van der Waals surface area contributed by atoms with Crippen molar-refractivity contribution in [3.05, 3.63) is 43.2 Å². The molecule has 0 saturated heterocycles. The van der Waals surface area contributed by atoms with Crippen LogP contribution in [0, 0.1) is 9.81 Å². The van der Waals surface area contributed by atoms with Crippen molar-refractivity contribution in [2.75, 3.05) is 14.2 Å². The van der Waals surface area contributed by atoms with Crippen LogP contribution in [0.4, 0.5) is 0 Å². The Morgan fingerprint density at radius 1 is 1.16 bits per heavy atom. The van der Waals surface area contributed by atoms with Crippen LogP contribution in [-0.4, -0.2) is 19.3 Å². The minimum Gasteiger partial charge on any atom is -0.493 e. The summed E-state index contributed by atoms with van der Waals surface area (Å²) < 4.78 is 11.7. The third-order valence-corrected chi connectivity index (χ3v) is 4.78. The fraction of sp³-hybridized carbons (Fsp3) is 0.286. The summed E-state index contributed by atoms with van der Waals surface area (Å²) in [5, 5.41) is 12.5. The van der Waals surface area contributed by atoms with Gasteiger partial charge in [0.2, 0.25) is 0 Å². The molecule has 0 radical (unpaired) electrons. The summed E-state index contributed by atoms with van der Waals surface area (Å²) in [6, 6.07) is 5.71. The molecule has 1 N–H and O–H groups in total. The lowest BCUT2D eigenvalue weighted by Gasteiger charge is -2.16. The number of benzene rings is 1. The van der Waals surface area contributed by atoms with Crippen LogP contribution in [0.15, 0.2) is 23.6 Å². The zero-order valence-corrected chi connectivity index (χ0v) is 13.9. The highest BCUT2D eigenvalue weighted by Crippen LogP contribution is 2.36. The predicted molar refractivity (Wildman–Crippen MR) is 85.4 cm³/mol. The monoisotopic (exact) mass is 390 g/mol. The van der Waals surface area contributed by atoms with E-state index in [0.29, 0.717) is 11.5 Å². The molecule has 0 saturated carbocycles. The number of aryl methyl sites for hydroxylation is 1. The molecule has 1 aromatic carbocycles. The molecule has 1 atom stereocenters. The van der Waals surface area contributed by atoms with Crippen molar-refractivity contribution in [1.82, 2.24) is 0 Å². The molecule has 0 spiro atoms. The number of methoxy groups -OCH3 is 2. The van der Waals surface area contributed by atoms with Gasteiger partial charge in [0.25, 0.3) is 0 Å². The largest absolute Gasteiger partial charge is 0.493 e. The van der Waals surface area contributed by atoms with Crippen LogP contribution >= 0.6 is 33.9 Å². The van der Waals surface area contributed by atoms with Crippen molar-refractivity contribution < 1.29 is 14.6 Å². The number of hydrogen-bond acceptors (Lipinski definition) is 4. The molecule has 0 amide bonds. The molecule has 3 nitrogen and oxygen atoms in total. The van der Waals surface area contributed by atoms with E-state index in [1.165, 1.54) is 0 Å². The Kier molecular flexibility index (Phi) is 4.70. The standard InChI is InChI=1S/C14H15IO3S/c1-8-4-11(17-2)12(18-3)6-10(8)14(16)9-5-13(15)19-7-9/h4-7,14,16H,1-3H3. The summed E-state index contributed by atoms with van der Waals surface area (Å²) in [6.07, 6.45) is -0.639. The molecule has 0 bridgehead atoms. The third-order valence-electron chi connectivity index (χ3n) is 2.97. The van der Waals surface area contributed by atoms with E-state index in [9.17, 15) is 5.11 Å². The zero-order valence-electron chi connectivity index (χ0n) is 10.9. The smallest absolute Gasteiger partial charge is 0.161 e. The summed E-state index contributed by atoms with van der Waals surface area (Å²) in [5.41, 5.74) is 2.72. The number of hydrogen-bond donors (Lipinski definition) is 1. The molecule has 0 fully saturated rings. The first-order chi connectivity index (χ1) is 9.06. The van der Waals surface area contributed by atoms with E-state index in [0.717, 1.165) is 19.6 Å². The molecule has 1 aromatic heterocycles. The Hall–Kier alpha value is -0.790. The lowest BCUT2D eigenvalue weighted by Crippen LogP contribution is -2.02. The summed E-state index contributed by atoms with van der Waals surface area (Å²) in [7, 11) is 3.20. The summed E-state index contributed by atoms with van der Waals surface area (Å²) in [5.74, 6) is 1.31. The average molecular weight is 390 g/mol. The van der Waals surface area contributed by atoms with E-state index in [1.54, 1.807) is 25.6 Å². The minimum atomic E-state index is -0.639. The second-order valence-electron chi connectivity index (χ2n) is 4.15. The first-order valence-electron chi connectivity index (χ1n) is 5.71. The van der Waals surface area contributed by atoms with Gasteiger partial charge < -0.3 is 14.6 Å². The fourth-order valence-electron chi connectivity index (χ4n) is 1.94. The van der Waals surface area contributed by atoms with Gasteiger partial charge in [-0.1, -0.05) is 0 Å². The van der Waals surface area contributed by atoms with Gasteiger partial charge >= 0.3 is 0 Å². The third kappa shape index (κ3) is 3.04. The maximum Gasteiger partial charge on any atom is 0.161 e. The van der Waals surface area contributed by atoms with Crippen molar-refractivity contribution in [1.29, 1.82) is 0 Å². The molecule has 1 heterocycles. The lowest BCUT2D eigenvalue weighted by atomic mass is 9.98. The Bertz CT molecular complexity index is 580. The van der Waals surface area contributed by atoms with Gasteiger partial charge in [0.15, 0.2) is 11.5 Å². The van der Waals surface area contributed by atoms with E-state index < -0.39 is 6.10 Å². The van der Waals surface area contributed by atoms with E-state index >= 15 is 0 Å². The van der Waals surface area contributed by atoms with E-state index in [4.69, 9.17) is 9.47 Å². The van der Waals surface area contributed by atoms with Gasteiger partial charge in [0.05, 0.1) is 17.1 Å². The maximum atomic E-state index is 10.5. The van der Waals surface area contributed by atoms with Crippen molar-refractivity contribution >= 4 is 33.9 Å². The summed E-state index contributed by atoms with van der Waals surface area (Å²) >= 11 is 3.87. The van der Waals surface area contributed by atoms with Gasteiger partial charge in [-0.15, -0.1) is 11.3 Å². The molecular formula is C14H15IO3S. The Balaban J connectivity index is 2.44.